The van der Waals surface area contributed by atoms with Crippen molar-refractivity contribution >= 4 is 11.6 Å². The molecule has 0 aliphatic heterocycles. The zero-order valence-corrected chi connectivity index (χ0v) is 14.7. The van der Waals surface area contributed by atoms with E-state index in [4.69, 9.17) is 4.74 Å². The van der Waals surface area contributed by atoms with Crippen LogP contribution in [0, 0.1) is 0 Å². The summed E-state index contributed by atoms with van der Waals surface area (Å²) in [6, 6.07) is 17.4. The monoisotopic (exact) mass is 327 g/mol. The smallest absolute Gasteiger partial charge is 0.282 e. The summed E-state index contributed by atoms with van der Waals surface area (Å²) in [7, 11) is 0. The number of anilines is 1. The molecule has 24 heavy (non-hydrogen) atoms. The van der Waals surface area contributed by atoms with Gasteiger partial charge in [0.1, 0.15) is 11.5 Å². The van der Waals surface area contributed by atoms with Gasteiger partial charge in [-0.15, -0.1) is 0 Å². The largest absolute Gasteiger partial charge is 0.457 e. The number of hydrogen-bond donors (Lipinski definition) is 2. The second-order valence-corrected chi connectivity index (χ2v) is 6.18. The lowest BCUT2D eigenvalue weighted by Gasteiger charge is -2.16. The maximum absolute atomic E-state index is 12.3. The number of benzene rings is 2. The fourth-order valence-corrected chi connectivity index (χ4v) is 2.62. The molecule has 2 aromatic carbocycles. The molecule has 2 atom stereocenters. The number of amides is 1. The van der Waals surface area contributed by atoms with E-state index in [2.05, 4.69) is 24.5 Å². The van der Waals surface area contributed by atoms with E-state index in [0.29, 0.717) is 6.04 Å². The highest BCUT2D eigenvalue weighted by atomic mass is 16.5. The molecule has 128 valence electrons. The Hall–Kier alpha value is -2.33. The number of nitrogens with two attached hydrogens (primary N) is 1. The molecular weight excluding hydrogens is 300 g/mol. The molecule has 0 aromatic heterocycles. The highest BCUT2D eigenvalue weighted by Gasteiger charge is 2.18. The van der Waals surface area contributed by atoms with Crippen LogP contribution in [0.1, 0.15) is 33.6 Å². The molecule has 0 unspecified atom stereocenters. The molecule has 0 saturated heterocycles. The van der Waals surface area contributed by atoms with Gasteiger partial charge < -0.3 is 15.4 Å². The van der Waals surface area contributed by atoms with Gasteiger partial charge in [-0.05, 0) is 56.7 Å². The molecular formula is C20H27N2O2+. The summed E-state index contributed by atoms with van der Waals surface area (Å²) in [6.07, 6.45) is 2.25. The van der Waals surface area contributed by atoms with Crippen LogP contribution in [0.2, 0.25) is 0 Å². The van der Waals surface area contributed by atoms with Gasteiger partial charge in [-0.2, -0.15) is 0 Å². The predicted octanol–water partition coefficient (Wildman–Crippen LogP) is 3.56. The number of nitrogens with one attached hydrogen (secondary N) is 1. The van der Waals surface area contributed by atoms with Crippen LogP contribution in [-0.4, -0.2) is 18.0 Å². The molecule has 0 radical (unpaired) electrons. The van der Waals surface area contributed by atoms with E-state index in [0.717, 1.165) is 30.0 Å². The van der Waals surface area contributed by atoms with Crippen molar-refractivity contribution in [2.75, 3.05) is 5.32 Å². The second kappa shape index (κ2) is 9.08. The summed E-state index contributed by atoms with van der Waals surface area (Å²) in [5.41, 5.74) is 0.781. The Morgan fingerprint density at radius 2 is 1.67 bits per heavy atom. The van der Waals surface area contributed by atoms with Gasteiger partial charge in [-0.3, -0.25) is 4.79 Å². The Balaban J connectivity index is 1.88. The summed E-state index contributed by atoms with van der Waals surface area (Å²) in [4.78, 5) is 12.3. The average molecular weight is 327 g/mol. The minimum absolute atomic E-state index is 0.0229. The van der Waals surface area contributed by atoms with Crippen LogP contribution in [-0.2, 0) is 4.79 Å². The van der Waals surface area contributed by atoms with Crippen LogP contribution < -0.4 is 15.4 Å². The number of hydrogen-bond acceptors (Lipinski definition) is 2. The summed E-state index contributed by atoms with van der Waals surface area (Å²) in [5.74, 6) is 1.56. The van der Waals surface area contributed by atoms with Crippen molar-refractivity contribution in [3.63, 3.8) is 0 Å². The third-order valence-corrected chi connectivity index (χ3v) is 3.88. The van der Waals surface area contributed by atoms with Gasteiger partial charge in [0, 0.05) is 5.69 Å². The summed E-state index contributed by atoms with van der Waals surface area (Å²) < 4.78 is 5.75. The Morgan fingerprint density at radius 1 is 1.04 bits per heavy atom. The molecule has 0 aliphatic carbocycles. The van der Waals surface area contributed by atoms with E-state index < -0.39 is 0 Å². The molecule has 2 aromatic rings. The number of rotatable bonds is 8. The first-order valence-electron chi connectivity index (χ1n) is 8.57. The molecule has 2 rings (SSSR count). The van der Waals surface area contributed by atoms with E-state index in [1.165, 1.54) is 0 Å². The normalized spacial score (nSPS) is 13.1. The Bertz CT molecular complexity index is 626. The van der Waals surface area contributed by atoms with Gasteiger partial charge >= 0.3 is 0 Å². The van der Waals surface area contributed by atoms with Gasteiger partial charge in [0.05, 0.1) is 6.04 Å². The number of carbonyl (C=O) groups is 1. The average Bonchev–Trinajstić information content (AvgIpc) is 2.57. The van der Waals surface area contributed by atoms with Crippen molar-refractivity contribution in [1.82, 2.24) is 0 Å². The summed E-state index contributed by atoms with van der Waals surface area (Å²) in [6.45, 7) is 6.26. The van der Waals surface area contributed by atoms with Crippen LogP contribution >= 0.6 is 0 Å². The van der Waals surface area contributed by atoms with Gasteiger partial charge in [-0.1, -0.05) is 31.5 Å². The SMILES string of the molecule is CCC[C@@H](C)[NH2+][C@H](C)C(=O)Nc1ccc(Oc2ccccc2)cc1. The van der Waals surface area contributed by atoms with Crippen molar-refractivity contribution in [1.29, 1.82) is 0 Å². The minimum atomic E-state index is -0.105. The fraction of sp³-hybridized carbons (Fsp3) is 0.350. The highest BCUT2D eigenvalue weighted by Crippen LogP contribution is 2.22. The standard InChI is InChI=1S/C20H26N2O2/c1-4-8-15(2)21-16(3)20(23)22-17-11-13-19(14-12-17)24-18-9-6-5-7-10-18/h5-7,9-16,21H,4,8H2,1-3H3,(H,22,23)/p+1/t15-,16-/m1/s1. The highest BCUT2D eigenvalue weighted by molar-refractivity contribution is 5.93. The van der Waals surface area contributed by atoms with Crippen molar-refractivity contribution in [2.24, 2.45) is 0 Å². The van der Waals surface area contributed by atoms with Crippen LogP contribution in [0.3, 0.4) is 0 Å². The molecule has 0 aliphatic rings. The quantitative estimate of drug-likeness (QED) is 0.779. The van der Waals surface area contributed by atoms with E-state index >= 15 is 0 Å². The maximum Gasteiger partial charge on any atom is 0.282 e. The molecule has 0 bridgehead atoms. The number of carbonyl (C=O) groups excluding carboxylic acids is 1. The molecule has 0 spiro atoms. The maximum atomic E-state index is 12.3. The lowest BCUT2D eigenvalue weighted by atomic mass is 10.1. The minimum Gasteiger partial charge on any atom is -0.457 e. The second-order valence-electron chi connectivity index (χ2n) is 6.18. The predicted molar refractivity (Wildman–Crippen MR) is 97.3 cm³/mol. The topological polar surface area (TPSA) is 54.9 Å². The molecule has 4 nitrogen and oxygen atoms in total. The zero-order chi connectivity index (χ0) is 17.4. The zero-order valence-electron chi connectivity index (χ0n) is 14.7. The van der Waals surface area contributed by atoms with Gasteiger partial charge in [-0.25, -0.2) is 0 Å². The van der Waals surface area contributed by atoms with Crippen LogP contribution in [0.15, 0.2) is 54.6 Å². The first kappa shape index (κ1) is 18.0. The summed E-state index contributed by atoms with van der Waals surface area (Å²) in [5, 5.41) is 5.07. The fourth-order valence-electron chi connectivity index (χ4n) is 2.62. The molecule has 1 amide bonds. The third-order valence-electron chi connectivity index (χ3n) is 3.88. The lowest BCUT2D eigenvalue weighted by molar-refractivity contribution is -0.703. The first-order valence-corrected chi connectivity index (χ1v) is 8.57. The van der Waals surface area contributed by atoms with Gasteiger partial charge in [0.2, 0.25) is 0 Å². The van der Waals surface area contributed by atoms with Crippen molar-refractivity contribution in [3.05, 3.63) is 54.6 Å². The van der Waals surface area contributed by atoms with Crippen LogP contribution in [0.5, 0.6) is 11.5 Å². The van der Waals surface area contributed by atoms with Crippen molar-refractivity contribution in [3.8, 4) is 11.5 Å². The van der Waals surface area contributed by atoms with Crippen molar-refractivity contribution in [2.45, 2.75) is 45.7 Å². The van der Waals surface area contributed by atoms with Crippen LogP contribution in [0.4, 0.5) is 5.69 Å². The third kappa shape index (κ3) is 5.70. The van der Waals surface area contributed by atoms with Crippen LogP contribution in [0.25, 0.3) is 0 Å². The Labute approximate surface area is 144 Å². The molecule has 0 heterocycles. The molecule has 4 heteroatoms. The Kier molecular flexibility index (Phi) is 6.82. The van der Waals surface area contributed by atoms with Gasteiger partial charge in [0.25, 0.3) is 5.91 Å². The number of para-hydroxylation sites is 1. The summed E-state index contributed by atoms with van der Waals surface area (Å²) >= 11 is 0. The van der Waals surface area contributed by atoms with E-state index in [9.17, 15) is 4.79 Å². The first-order chi connectivity index (χ1) is 11.6. The Morgan fingerprint density at radius 3 is 2.29 bits per heavy atom. The lowest BCUT2D eigenvalue weighted by Crippen LogP contribution is -2.95. The number of quaternary nitrogens is 1. The van der Waals surface area contributed by atoms with Crippen molar-refractivity contribution < 1.29 is 14.8 Å². The van der Waals surface area contributed by atoms with E-state index in [-0.39, 0.29) is 11.9 Å². The number of ether oxygens (including phenoxy) is 1. The van der Waals surface area contributed by atoms with Gasteiger partial charge in [0.15, 0.2) is 6.04 Å². The van der Waals surface area contributed by atoms with E-state index in [1.807, 2.05) is 61.5 Å². The molecule has 0 saturated carbocycles. The molecule has 3 N–H and O–H groups in total. The molecule has 0 fully saturated rings. The van der Waals surface area contributed by atoms with E-state index in [1.54, 1.807) is 0 Å².